The van der Waals surface area contributed by atoms with E-state index in [2.05, 4.69) is 5.32 Å². The summed E-state index contributed by atoms with van der Waals surface area (Å²) in [5, 5.41) is 2.70. The zero-order chi connectivity index (χ0) is 21.9. The highest BCUT2D eigenvalue weighted by atomic mass is 32.2. The Bertz CT molecular complexity index is 1080. The van der Waals surface area contributed by atoms with Crippen LogP contribution >= 0.6 is 0 Å². The number of aryl methyl sites for hydroxylation is 1. The van der Waals surface area contributed by atoms with Crippen LogP contribution in [0.2, 0.25) is 0 Å². The van der Waals surface area contributed by atoms with Crippen LogP contribution in [-0.4, -0.2) is 58.0 Å². The summed E-state index contributed by atoms with van der Waals surface area (Å²) in [4.78, 5) is 24.2. The molecule has 160 valence electrons. The number of carbonyl (C=O) groups is 2. The molecular formula is C20H23N3O6S. The topological polar surface area (TPSA) is 128 Å². The molecule has 0 atom stereocenters. The van der Waals surface area contributed by atoms with E-state index in [0.29, 0.717) is 30.0 Å². The van der Waals surface area contributed by atoms with Crippen molar-refractivity contribution >= 4 is 27.5 Å². The van der Waals surface area contributed by atoms with Crippen LogP contribution in [0.4, 0.5) is 5.69 Å². The molecule has 2 aromatic rings. The zero-order valence-electron chi connectivity index (χ0n) is 16.7. The average Bonchev–Trinajstić information content (AvgIpc) is 2.73. The molecule has 1 aliphatic heterocycles. The van der Waals surface area contributed by atoms with Crippen molar-refractivity contribution in [2.45, 2.75) is 11.8 Å². The molecule has 9 nitrogen and oxygen atoms in total. The van der Waals surface area contributed by atoms with E-state index >= 15 is 0 Å². The van der Waals surface area contributed by atoms with E-state index in [1.807, 2.05) is 0 Å². The predicted octanol–water partition coefficient (Wildman–Crippen LogP) is 1.38. The van der Waals surface area contributed by atoms with Gasteiger partial charge in [0.25, 0.3) is 5.91 Å². The molecule has 0 bridgehead atoms. The van der Waals surface area contributed by atoms with E-state index in [-0.39, 0.29) is 29.3 Å². The van der Waals surface area contributed by atoms with E-state index in [0.717, 1.165) is 0 Å². The molecule has 0 spiro atoms. The summed E-state index contributed by atoms with van der Waals surface area (Å²) in [5.41, 5.74) is 6.77. The lowest BCUT2D eigenvalue weighted by Crippen LogP contribution is -2.40. The largest absolute Gasteiger partial charge is 0.496 e. The Balaban J connectivity index is 1.90. The van der Waals surface area contributed by atoms with Crippen molar-refractivity contribution in [2.24, 2.45) is 5.73 Å². The van der Waals surface area contributed by atoms with Gasteiger partial charge in [0.05, 0.1) is 30.8 Å². The van der Waals surface area contributed by atoms with Crippen molar-refractivity contribution in [1.29, 1.82) is 0 Å². The molecule has 1 fully saturated rings. The summed E-state index contributed by atoms with van der Waals surface area (Å²) in [6.07, 6.45) is 0. The fourth-order valence-electron chi connectivity index (χ4n) is 3.18. The Morgan fingerprint density at radius 2 is 1.80 bits per heavy atom. The fourth-order valence-corrected chi connectivity index (χ4v) is 4.61. The SMILES string of the molecule is COc1ccc(S(=O)(=O)N2CCOCC2)cc1C(=O)Nc1ccc(C(N)=O)c(C)c1. The maximum atomic E-state index is 12.9. The van der Waals surface area contributed by atoms with Crippen LogP contribution in [0.1, 0.15) is 26.3 Å². The quantitative estimate of drug-likeness (QED) is 0.708. The number of sulfonamides is 1. The Kier molecular flexibility index (Phi) is 6.40. The first-order chi connectivity index (χ1) is 14.2. The second-order valence-electron chi connectivity index (χ2n) is 6.73. The number of carbonyl (C=O) groups excluding carboxylic acids is 2. The molecule has 0 aromatic heterocycles. The van der Waals surface area contributed by atoms with Crippen molar-refractivity contribution < 1.29 is 27.5 Å². The van der Waals surface area contributed by atoms with E-state index in [1.54, 1.807) is 19.1 Å². The lowest BCUT2D eigenvalue weighted by atomic mass is 10.1. The maximum absolute atomic E-state index is 12.9. The highest BCUT2D eigenvalue weighted by Gasteiger charge is 2.28. The number of anilines is 1. The van der Waals surface area contributed by atoms with Gasteiger partial charge in [0.2, 0.25) is 15.9 Å². The number of benzene rings is 2. The van der Waals surface area contributed by atoms with Crippen LogP contribution in [0.15, 0.2) is 41.3 Å². The first-order valence-electron chi connectivity index (χ1n) is 9.22. The summed E-state index contributed by atoms with van der Waals surface area (Å²) in [6, 6.07) is 8.83. The third-order valence-electron chi connectivity index (χ3n) is 4.77. The van der Waals surface area contributed by atoms with Gasteiger partial charge in [-0.1, -0.05) is 0 Å². The van der Waals surface area contributed by atoms with Gasteiger partial charge in [0.1, 0.15) is 5.75 Å². The number of nitrogens with one attached hydrogen (secondary N) is 1. The van der Waals surface area contributed by atoms with Gasteiger partial charge in [0, 0.05) is 24.3 Å². The van der Waals surface area contributed by atoms with Gasteiger partial charge >= 0.3 is 0 Å². The van der Waals surface area contributed by atoms with Gasteiger partial charge in [-0.2, -0.15) is 4.31 Å². The third kappa shape index (κ3) is 4.45. The molecule has 3 rings (SSSR count). The standard InChI is InChI=1S/C20H23N3O6S/c1-13-11-14(3-5-16(13)19(21)24)22-20(25)17-12-15(4-6-18(17)28-2)30(26,27)23-7-9-29-10-8-23/h3-6,11-12H,7-10H2,1-2H3,(H2,21,24)(H,22,25). The Hall–Kier alpha value is -2.95. The van der Waals surface area contributed by atoms with Crippen LogP contribution in [-0.2, 0) is 14.8 Å². The fraction of sp³-hybridized carbons (Fsp3) is 0.300. The first kappa shape index (κ1) is 21.8. The Morgan fingerprint density at radius 3 is 2.40 bits per heavy atom. The lowest BCUT2D eigenvalue weighted by molar-refractivity contribution is 0.0730. The van der Waals surface area contributed by atoms with E-state index in [1.165, 1.54) is 35.7 Å². The van der Waals surface area contributed by atoms with E-state index in [4.69, 9.17) is 15.2 Å². The molecule has 2 amide bonds. The highest BCUT2D eigenvalue weighted by Crippen LogP contribution is 2.26. The number of primary amides is 1. The van der Waals surface area contributed by atoms with Gasteiger partial charge in [-0.15, -0.1) is 0 Å². The molecule has 1 heterocycles. The van der Waals surface area contributed by atoms with Crippen molar-refractivity contribution in [1.82, 2.24) is 4.31 Å². The molecule has 0 radical (unpaired) electrons. The lowest BCUT2D eigenvalue weighted by Gasteiger charge is -2.26. The third-order valence-corrected chi connectivity index (χ3v) is 6.67. The maximum Gasteiger partial charge on any atom is 0.259 e. The smallest absolute Gasteiger partial charge is 0.259 e. The van der Waals surface area contributed by atoms with Crippen LogP contribution < -0.4 is 15.8 Å². The molecule has 1 aliphatic rings. The summed E-state index contributed by atoms with van der Waals surface area (Å²) >= 11 is 0. The second-order valence-corrected chi connectivity index (χ2v) is 8.66. The number of nitrogens with zero attached hydrogens (tertiary/aromatic N) is 1. The summed E-state index contributed by atoms with van der Waals surface area (Å²) in [6.45, 7) is 2.85. The Morgan fingerprint density at radius 1 is 1.10 bits per heavy atom. The summed E-state index contributed by atoms with van der Waals surface area (Å²) < 4.78 is 37.6. The molecular weight excluding hydrogens is 410 g/mol. The van der Waals surface area contributed by atoms with E-state index < -0.39 is 21.8 Å². The van der Waals surface area contributed by atoms with E-state index in [9.17, 15) is 18.0 Å². The van der Waals surface area contributed by atoms with Crippen molar-refractivity contribution in [2.75, 3.05) is 38.7 Å². The van der Waals surface area contributed by atoms with Crippen LogP contribution in [0.25, 0.3) is 0 Å². The van der Waals surface area contributed by atoms with Gasteiger partial charge in [-0.25, -0.2) is 8.42 Å². The van der Waals surface area contributed by atoms with Crippen LogP contribution in [0.3, 0.4) is 0 Å². The van der Waals surface area contributed by atoms with Crippen molar-refractivity contribution in [3.63, 3.8) is 0 Å². The number of ether oxygens (including phenoxy) is 2. The number of methoxy groups -OCH3 is 1. The predicted molar refractivity (Wildman–Crippen MR) is 110 cm³/mol. The number of rotatable bonds is 6. The number of hydrogen-bond acceptors (Lipinski definition) is 6. The zero-order valence-corrected chi connectivity index (χ0v) is 17.5. The molecule has 10 heteroatoms. The molecule has 1 saturated heterocycles. The molecule has 3 N–H and O–H groups in total. The molecule has 0 unspecified atom stereocenters. The number of morpholine rings is 1. The summed E-state index contributed by atoms with van der Waals surface area (Å²) in [5.74, 6) is -0.871. The molecule has 2 aromatic carbocycles. The number of amides is 2. The van der Waals surface area contributed by atoms with Gasteiger partial charge in [0.15, 0.2) is 0 Å². The Labute approximate surface area is 174 Å². The van der Waals surface area contributed by atoms with Gasteiger partial charge < -0.3 is 20.5 Å². The van der Waals surface area contributed by atoms with Crippen molar-refractivity contribution in [3.05, 3.63) is 53.1 Å². The van der Waals surface area contributed by atoms with Crippen LogP contribution in [0, 0.1) is 6.92 Å². The monoisotopic (exact) mass is 433 g/mol. The van der Waals surface area contributed by atoms with Gasteiger partial charge in [-0.05, 0) is 48.9 Å². The second kappa shape index (κ2) is 8.82. The minimum absolute atomic E-state index is 0.00407. The minimum atomic E-state index is -3.77. The number of nitrogens with two attached hydrogens (primary N) is 1. The molecule has 0 aliphatic carbocycles. The molecule has 30 heavy (non-hydrogen) atoms. The average molecular weight is 433 g/mol. The normalized spacial score (nSPS) is 14.9. The minimum Gasteiger partial charge on any atom is -0.496 e. The van der Waals surface area contributed by atoms with Crippen molar-refractivity contribution in [3.8, 4) is 5.75 Å². The first-order valence-corrected chi connectivity index (χ1v) is 10.7. The number of hydrogen-bond donors (Lipinski definition) is 2. The highest BCUT2D eigenvalue weighted by molar-refractivity contribution is 7.89. The molecule has 0 saturated carbocycles. The summed E-state index contributed by atoms with van der Waals surface area (Å²) in [7, 11) is -2.37. The van der Waals surface area contributed by atoms with Crippen LogP contribution in [0.5, 0.6) is 5.75 Å². The van der Waals surface area contributed by atoms with Gasteiger partial charge in [-0.3, -0.25) is 9.59 Å².